The van der Waals surface area contributed by atoms with Crippen LogP contribution in [0.1, 0.15) is 74.0 Å². The molecule has 2 aromatic carbocycles. The molecule has 4 heteroatoms. The number of carbonyl (C=O) groups is 1. The van der Waals surface area contributed by atoms with Gasteiger partial charge in [-0.1, -0.05) is 26.0 Å². The Bertz CT molecular complexity index is 1140. The van der Waals surface area contributed by atoms with Gasteiger partial charge in [0.1, 0.15) is 23.7 Å². The first-order chi connectivity index (χ1) is 14.7. The first-order valence-corrected chi connectivity index (χ1v) is 11.4. The molecule has 2 aliphatic carbocycles. The minimum absolute atomic E-state index is 0.000770. The summed E-state index contributed by atoms with van der Waals surface area (Å²) in [6.45, 7) is 9.99. The lowest BCUT2D eigenvalue weighted by atomic mass is 9.56. The van der Waals surface area contributed by atoms with Crippen LogP contribution >= 0.6 is 0 Å². The summed E-state index contributed by atoms with van der Waals surface area (Å²) in [5.41, 5.74) is 3.96. The number of rotatable bonds is 2. The van der Waals surface area contributed by atoms with Crippen molar-refractivity contribution in [3.8, 4) is 11.5 Å². The fourth-order valence-corrected chi connectivity index (χ4v) is 7.40. The average molecular weight is 419 g/mol. The van der Waals surface area contributed by atoms with Crippen LogP contribution in [0.5, 0.6) is 11.5 Å². The summed E-state index contributed by atoms with van der Waals surface area (Å²) >= 11 is 0. The smallest absolute Gasteiger partial charge is 0.337 e. The molecule has 2 bridgehead atoms. The molecule has 4 aliphatic rings. The van der Waals surface area contributed by atoms with Gasteiger partial charge < -0.3 is 14.2 Å². The fourth-order valence-electron chi connectivity index (χ4n) is 7.40. The zero-order valence-corrected chi connectivity index (χ0v) is 19.0. The normalized spacial score (nSPS) is 38.8. The van der Waals surface area contributed by atoms with E-state index in [-0.39, 0.29) is 27.8 Å². The van der Waals surface area contributed by atoms with Gasteiger partial charge in [-0.3, -0.25) is 0 Å². The molecular formula is C27H30O4. The Morgan fingerprint density at radius 3 is 2.58 bits per heavy atom. The van der Waals surface area contributed by atoms with Crippen LogP contribution in [0.3, 0.4) is 0 Å². The molecule has 0 spiro atoms. The molecule has 2 heterocycles. The molecule has 2 aliphatic heterocycles. The molecule has 2 saturated carbocycles. The first-order valence-electron chi connectivity index (χ1n) is 11.4. The van der Waals surface area contributed by atoms with E-state index in [0.29, 0.717) is 18.1 Å². The number of ether oxygens (including phenoxy) is 3. The SMILES string of the molecule is COC(=O)c1ccc2c(c1)C(C)(c1ccc3c(c1)C1(C)C4(C)CCC(C4)C1(C)O3)CO2. The second kappa shape index (κ2) is 5.65. The summed E-state index contributed by atoms with van der Waals surface area (Å²) < 4.78 is 17.7. The van der Waals surface area contributed by atoms with Gasteiger partial charge in [0, 0.05) is 16.5 Å². The minimum atomic E-state index is -0.331. The minimum Gasteiger partial charge on any atom is -0.492 e. The Morgan fingerprint density at radius 1 is 1.03 bits per heavy atom. The molecule has 0 aromatic heterocycles. The zero-order chi connectivity index (χ0) is 21.8. The molecule has 0 N–H and O–H groups in total. The van der Waals surface area contributed by atoms with Crippen LogP contribution in [-0.2, 0) is 15.6 Å². The first kappa shape index (κ1) is 19.2. The van der Waals surface area contributed by atoms with Gasteiger partial charge in [-0.05, 0) is 74.3 Å². The predicted octanol–water partition coefficient (Wildman–Crippen LogP) is 5.40. The molecule has 0 saturated heterocycles. The molecule has 5 atom stereocenters. The molecule has 0 radical (unpaired) electrons. The number of fused-ring (bicyclic) bond motifs is 8. The van der Waals surface area contributed by atoms with Gasteiger partial charge in [0.2, 0.25) is 0 Å². The summed E-state index contributed by atoms with van der Waals surface area (Å²) in [5.74, 6) is 2.18. The Morgan fingerprint density at radius 2 is 1.81 bits per heavy atom. The van der Waals surface area contributed by atoms with E-state index in [0.717, 1.165) is 17.1 Å². The highest BCUT2D eigenvalue weighted by atomic mass is 16.5. The van der Waals surface area contributed by atoms with Crippen molar-refractivity contribution >= 4 is 5.97 Å². The maximum Gasteiger partial charge on any atom is 0.337 e. The topological polar surface area (TPSA) is 44.8 Å². The Labute approximate surface area is 183 Å². The predicted molar refractivity (Wildman–Crippen MR) is 118 cm³/mol. The quantitative estimate of drug-likeness (QED) is 0.613. The largest absolute Gasteiger partial charge is 0.492 e. The number of esters is 1. The van der Waals surface area contributed by atoms with E-state index in [9.17, 15) is 4.79 Å². The van der Waals surface area contributed by atoms with Crippen LogP contribution in [0.2, 0.25) is 0 Å². The van der Waals surface area contributed by atoms with E-state index >= 15 is 0 Å². The van der Waals surface area contributed by atoms with Gasteiger partial charge >= 0.3 is 5.97 Å². The summed E-state index contributed by atoms with van der Waals surface area (Å²) in [5, 5.41) is 0. The van der Waals surface area contributed by atoms with Gasteiger partial charge in [-0.15, -0.1) is 0 Å². The van der Waals surface area contributed by atoms with Gasteiger partial charge in [-0.2, -0.15) is 0 Å². The van der Waals surface area contributed by atoms with Crippen molar-refractivity contribution < 1.29 is 19.0 Å². The molecule has 5 unspecified atom stereocenters. The van der Waals surface area contributed by atoms with Crippen LogP contribution in [0.4, 0.5) is 0 Å². The Hall–Kier alpha value is -2.49. The standard InChI is InChI=1S/C27H30O4/c1-24-11-10-18(14-24)27(4)26(24,3)20-13-17(7-9-22(20)31-27)25(2)15-30-21-8-6-16(12-19(21)25)23(28)29-5/h6-9,12-13,18H,10-11,14-15H2,1-5H3. The number of hydrogen-bond acceptors (Lipinski definition) is 4. The molecule has 2 aromatic rings. The Balaban J connectivity index is 1.49. The molecule has 6 rings (SSSR count). The Kier molecular flexibility index (Phi) is 3.50. The van der Waals surface area contributed by atoms with Crippen LogP contribution < -0.4 is 9.47 Å². The summed E-state index contributed by atoms with van der Waals surface area (Å²) in [6, 6.07) is 12.3. The van der Waals surface area contributed by atoms with Gasteiger partial charge in [0.05, 0.1) is 18.1 Å². The van der Waals surface area contributed by atoms with E-state index < -0.39 is 0 Å². The maximum absolute atomic E-state index is 12.1. The molecule has 4 nitrogen and oxygen atoms in total. The third-order valence-corrected chi connectivity index (χ3v) is 9.71. The highest BCUT2D eigenvalue weighted by molar-refractivity contribution is 5.90. The summed E-state index contributed by atoms with van der Waals surface area (Å²) in [4.78, 5) is 12.1. The van der Waals surface area contributed by atoms with E-state index in [1.807, 2.05) is 12.1 Å². The number of benzene rings is 2. The summed E-state index contributed by atoms with van der Waals surface area (Å²) in [6.07, 6.45) is 3.77. The fraction of sp³-hybridized carbons (Fsp3) is 0.519. The molecule has 2 fully saturated rings. The molecule has 0 amide bonds. The maximum atomic E-state index is 12.1. The highest BCUT2D eigenvalue weighted by Gasteiger charge is 2.73. The van der Waals surface area contributed by atoms with E-state index in [1.54, 1.807) is 6.07 Å². The summed E-state index contributed by atoms with van der Waals surface area (Å²) in [7, 11) is 1.42. The van der Waals surface area contributed by atoms with Crippen LogP contribution in [-0.4, -0.2) is 25.3 Å². The van der Waals surface area contributed by atoms with Gasteiger partial charge in [0.15, 0.2) is 0 Å². The lowest BCUT2D eigenvalue weighted by molar-refractivity contribution is -0.0260. The van der Waals surface area contributed by atoms with E-state index in [1.165, 1.54) is 37.5 Å². The van der Waals surface area contributed by atoms with Crippen molar-refractivity contribution in [3.63, 3.8) is 0 Å². The van der Waals surface area contributed by atoms with Crippen molar-refractivity contribution in [2.45, 2.75) is 63.4 Å². The van der Waals surface area contributed by atoms with Crippen LogP contribution in [0.25, 0.3) is 0 Å². The second-order valence-electron chi connectivity index (χ2n) is 10.9. The van der Waals surface area contributed by atoms with Gasteiger partial charge in [0.25, 0.3) is 0 Å². The van der Waals surface area contributed by atoms with Crippen LogP contribution in [0, 0.1) is 11.3 Å². The van der Waals surface area contributed by atoms with Crippen LogP contribution in [0.15, 0.2) is 36.4 Å². The van der Waals surface area contributed by atoms with E-state index in [4.69, 9.17) is 14.2 Å². The van der Waals surface area contributed by atoms with Crippen molar-refractivity contribution in [3.05, 3.63) is 58.7 Å². The van der Waals surface area contributed by atoms with E-state index in [2.05, 4.69) is 45.9 Å². The highest BCUT2D eigenvalue weighted by Crippen LogP contribution is 2.73. The molecule has 162 valence electrons. The third-order valence-electron chi connectivity index (χ3n) is 9.71. The van der Waals surface area contributed by atoms with Crippen molar-refractivity contribution in [2.75, 3.05) is 13.7 Å². The zero-order valence-electron chi connectivity index (χ0n) is 19.0. The molecular weight excluding hydrogens is 388 g/mol. The lowest BCUT2D eigenvalue weighted by Gasteiger charge is -2.48. The number of methoxy groups -OCH3 is 1. The average Bonchev–Trinajstić information content (AvgIpc) is 3.44. The second-order valence-corrected chi connectivity index (χ2v) is 10.9. The number of carbonyl (C=O) groups excluding carboxylic acids is 1. The van der Waals surface area contributed by atoms with Gasteiger partial charge in [-0.25, -0.2) is 4.79 Å². The van der Waals surface area contributed by atoms with Crippen molar-refractivity contribution in [2.24, 2.45) is 11.3 Å². The molecule has 31 heavy (non-hydrogen) atoms. The lowest BCUT2D eigenvalue weighted by Crippen LogP contribution is -2.54. The third kappa shape index (κ3) is 2.05. The van der Waals surface area contributed by atoms with Crippen molar-refractivity contribution in [1.29, 1.82) is 0 Å². The van der Waals surface area contributed by atoms with Crippen molar-refractivity contribution in [1.82, 2.24) is 0 Å². The monoisotopic (exact) mass is 418 g/mol. The number of hydrogen-bond donors (Lipinski definition) is 0.